The Morgan fingerprint density at radius 2 is 2.50 bits per heavy atom. The Labute approximate surface area is 81.1 Å². The smallest absolute Gasteiger partial charge is 0.162 e. The minimum Gasteiger partial charge on any atom is -0.412 e. The van der Waals surface area contributed by atoms with Gasteiger partial charge in [0.25, 0.3) is 0 Å². The fourth-order valence-electron chi connectivity index (χ4n) is 2.20. The minimum absolute atomic E-state index is 0.219. The molecule has 2 atom stereocenters. The molecule has 74 valence electrons. The zero-order valence-corrected chi connectivity index (χ0v) is 7.62. The summed E-state index contributed by atoms with van der Waals surface area (Å²) < 4.78 is 0. The zero-order chi connectivity index (χ0) is 9.54. The lowest BCUT2D eigenvalue weighted by molar-refractivity contribution is -0.122. The van der Waals surface area contributed by atoms with E-state index in [4.69, 9.17) is 4.84 Å². The van der Waals surface area contributed by atoms with Gasteiger partial charge in [0.1, 0.15) is 11.8 Å². The van der Waals surface area contributed by atoms with E-state index >= 15 is 0 Å². The summed E-state index contributed by atoms with van der Waals surface area (Å²) in [5.41, 5.74) is 6.55. The van der Waals surface area contributed by atoms with E-state index in [-0.39, 0.29) is 17.7 Å². The standard InChI is InChI=1S/C9H11N3O2/c13-7-3-5-1-2-11-14-9(5)6-4-10-12-8(6)7/h4-5,8,11-12H,1-3H2. The normalized spacial score (nSPS) is 34.7. The molecule has 0 spiro atoms. The van der Waals surface area contributed by atoms with Gasteiger partial charge in [0.15, 0.2) is 5.78 Å². The Kier molecular flexibility index (Phi) is 1.61. The molecular formula is C9H11N3O2. The number of ketones is 1. The van der Waals surface area contributed by atoms with Gasteiger partial charge < -0.3 is 4.84 Å². The molecule has 2 unspecified atom stereocenters. The van der Waals surface area contributed by atoms with E-state index in [9.17, 15) is 4.79 Å². The van der Waals surface area contributed by atoms with E-state index in [0.717, 1.165) is 24.3 Å². The Morgan fingerprint density at radius 3 is 3.43 bits per heavy atom. The van der Waals surface area contributed by atoms with Crippen LogP contribution in [0.2, 0.25) is 0 Å². The molecule has 0 aromatic carbocycles. The summed E-state index contributed by atoms with van der Waals surface area (Å²) in [6.45, 7) is 0.809. The van der Waals surface area contributed by atoms with Gasteiger partial charge in [0.05, 0.1) is 6.21 Å². The summed E-state index contributed by atoms with van der Waals surface area (Å²) in [6.07, 6.45) is 3.23. The van der Waals surface area contributed by atoms with Crippen molar-refractivity contribution in [3.05, 3.63) is 11.3 Å². The first-order valence-corrected chi connectivity index (χ1v) is 4.81. The Hall–Kier alpha value is -1.36. The highest BCUT2D eigenvalue weighted by atomic mass is 16.6. The van der Waals surface area contributed by atoms with E-state index in [1.165, 1.54) is 0 Å². The number of allylic oxidation sites excluding steroid dienone is 1. The molecule has 3 rings (SSSR count). The highest BCUT2D eigenvalue weighted by Gasteiger charge is 2.39. The van der Waals surface area contributed by atoms with E-state index < -0.39 is 0 Å². The van der Waals surface area contributed by atoms with Crippen LogP contribution < -0.4 is 10.9 Å². The molecule has 0 bridgehead atoms. The molecule has 2 aliphatic heterocycles. The van der Waals surface area contributed by atoms with Gasteiger partial charge in [-0.1, -0.05) is 0 Å². The molecule has 2 heterocycles. The summed E-state index contributed by atoms with van der Waals surface area (Å²) >= 11 is 0. The second kappa shape index (κ2) is 2.81. The number of carbonyl (C=O) groups is 1. The van der Waals surface area contributed by atoms with Crippen molar-refractivity contribution in [3.63, 3.8) is 0 Å². The predicted octanol–water partition coefficient (Wildman–Crippen LogP) is -0.288. The number of nitrogens with one attached hydrogen (secondary N) is 2. The monoisotopic (exact) mass is 193 g/mol. The third-order valence-corrected chi connectivity index (χ3v) is 2.92. The van der Waals surface area contributed by atoms with Crippen LogP contribution in [0.4, 0.5) is 0 Å². The molecular weight excluding hydrogens is 182 g/mol. The third-order valence-electron chi connectivity index (χ3n) is 2.92. The summed E-state index contributed by atoms with van der Waals surface area (Å²) in [4.78, 5) is 17.1. The molecule has 0 aromatic rings. The van der Waals surface area contributed by atoms with Gasteiger partial charge in [-0.3, -0.25) is 10.2 Å². The van der Waals surface area contributed by atoms with Crippen molar-refractivity contribution in [1.29, 1.82) is 0 Å². The van der Waals surface area contributed by atoms with Crippen LogP contribution in [-0.4, -0.2) is 24.6 Å². The molecule has 3 aliphatic rings. The predicted molar refractivity (Wildman–Crippen MR) is 49.3 cm³/mol. The molecule has 0 aromatic heterocycles. The maximum Gasteiger partial charge on any atom is 0.162 e. The van der Waals surface area contributed by atoms with Crippen LogP contribution in [-0.2, 0) is 9.63 Å². The highest BCUT2D eigenvalue weighted by molar-refractivity contribution is 6.00. The number of rotatable bonds is 0. The van der Waals surface area contributed by atoms with Crippen LogP contribution >= 0.6 is 0 Å². The summed E-state index contributed by atoms with van der Waals surface area (Å²) in [5, 5.41) is 3.91. The van der Waals surface area contributed by atoms with Crippen LogP contribution in [0.3, 0.4) is 0 Å². The molecule has 1 saturated heterocycles. The van der Waals surface area contributed by atoms with Crippen molar-refractivity contribution in [1.82, 2.24) is 10.9 Å². The molecule has 5 nitrogen and oxygen atoms in total. The highest BCUT2D eigenvalue weighted by Crippen LogP contribution is 2.33. The number of Topliss-reactive ketones (excluding diaryl/α,β-unsaturated/α-hetero) is 1. The summed E-state index contributed by atoms with van der Waals surface area (Å²) in [6, 6.07) is -0.263. The van der Waals surface area contributed by atoms with Crippen LogP contribution in [0.5, 0.6) is 0 Å². The van der Waals surface area contributed by atoms with Gasteiger partial charge in [0.2, 0.25) is 0 Å². The van der Waals surface area contributed by atoms with Crippen LogP contribution in [0.15, 0.2) is 16.4 Å². The molecule has 5 heteroatoms. The van der Waals surface area contributed by atoms with E-state index in [1.807, 2.05) is 0 Å². The number of hydrazone groups is 1. The first kappa shape index (κ1) is 7.99. The van der Waals surface area contributed by atoms with Crippen molar-refractivity contribution in [3.8, 4) is 0 Å². The molecule has 0 saturated carbocycles. The van der Waals surface area contributed by atoms with Crippen molar-refractivity contribution in [2.24, 2.45) is 11.0 Å². The summed E-state index contributed by atoms with van der Waals surface area (Å²) in [5.74, 6) is 1.37. The van der Waals surface area contributed by atoms with Crippen LogP contribution in [0.25, 0.3) is 0 Å². The SMILES string of the molecule is O=C1CC2CCNOC2=C2C=NNC12. The second-order valence-electron chi connectivity index (χ2n) is 3.79. The van der Waals surface area contributed by atoms with Crippen molar-refractivity contribution < 1.29 is 9.63 Å². The van der Waals surface area contributed by atoms with E-state index in [1.54, 1.807) is 6.21 Å². The lowest BCUT2D eigenvalue weighted by Gasteiger charge is -2.31. The molecule has 0 radical (unpaired) electrons. The largest absolute Gasteiger partial charge is 0.412 e. The molecule has 0 amide bonds. The molecule has 2 N–H and O–H groups in total. The number of carbonyl (C=O) groups excluding carboxylic acids is 1. The maximum atomic E-state index is 11.7. The molecule has 1 aliphatic carbocycles. The average molecular weight is 193 g/mol. The van der Waals surface area contributed by atoms with Gasteiger partial charge in [-0.25, -0.2) is 0 Å². The fraction of sp³-hybridized carbons (Fsp3) is 0.556. The van der Waals surface area contributed by atoms with Crippen molar-refractivity contribution in [2.45, 2.75) is 18.9 Å². The first-order valence-electron chi connectivity index (χ1n) is 4.81. The maximum absolute atomic E-state index is 11.7. The van der Waals surface area contributed by atoms with E-state index in [0.29, 0.717) is 6.42 Å². The third kappa shape index (κ3) is 0.988. The Bertz CT molecular complexity index is 348. The molecule has 14 heavy (non-hydrogen) atoms. The quantitative estimate of drug-likeness (QED) is 0.555. The second-order valence-corrected chi connectivity index (χ2v) is 3.79. The number of hydrogen-bond donors (Lipinski definition) is 2. The van der Waals surface area contributed by atoms with Gasteiger partial charge in [0, 0.05) is 24.5 Å². The van der Waals surface area contributed by atoms with E-state index in [2.05, 4.69) is 16.0 Å². The number of hydrogen-bond acceptors (Lipinski definition) is 5. The number of fused-ring (bicyclic) bond motifs is 2. The minimum atomic E-state index is -0.263. The average Bonchev–Trinajstić information content (AvgIpc) is 2.67. The van der Waals surface area contributed by atoms with Crippen molar-refractivity contribution in [2.75, 3.05) is 6.54 Å². The lowest BCUT2D eigenvalue weighted by Crippen LogP contribution is -2.42. The van der Waals surface area contributed by atoms with Gasteiger partial charge >= 0.3 is 0 Å². The zero-order valence-electron chi connectivity index (χ0n) is 7.62. The van der Waals surface area contributed by atoms with Crippen molar-refractivity contribution >= 4 is 12.0 Å². The summed E-state index contributed by atoms with van der Waals surface area (Å²) in [7, 11) is 0. The fourth-order valence-corrected chi connectivity index (χ4v) is 2.20. The Morgan fingerprint density at radius 1 is 1.57 bits per heavy atom. The number of hydroxylamine groups is 1. The van der Waals surface area contributed by atoms with Crippen LogP contribution in [0, 0.1) is 5.92 Å². The van der Waals surface area contributed by atoms with Gasteiger partial charge in [-0.2, -0.15) is 10.6 Å². The Balaban J connectivity index is 2.04. The van der Waals surface area contributed by atoms with Gasteiger partial charge in [-0.15, -0.1) is 0 Å². The lowest BCUT2D eigenvalue weighted by atomic mass is 9.83. The van der Waals surface area contributed by atoms with Gasteiger partial charge in [-0.05, 0) is 6.42 Å². The first-order chi connectivity index (χ1) is 6.86. The topological polar surface area (TPSA) is 62.7 Å². The molecule has 1 fully saturated rings. The van der Waals surface area contributed by atoms with Crippen LogP contribution in [0.1, 0.15) is 12.8 Å². The number of nitrogens with zero attached hydrogens (tertiary/aromatic N) is 1.